The van der Waals surface area contributed by atoms with Crippen molar-refractivity contribution in [2.75, 3.05) is 5.43 Å². The minimum Gasteiger partial charge on any atom is -0.489 e. The van der Waals surface area contributed by atoms with Crippen molar-refractivity contribution < 1.29 is 14.1 Å². The zero-order chi connectivity index (χ0) is 19.9. The molecule has 0 amide bonds. The highest BCUT2D eigenvalue weighted by Gasteiger charge is 2.07. The second-order valence-corrected chi connectivity index (χ2v) is 6.14. The van der Waals surface area contributed by atoms with Crippen molar-refractivity contribution >= 4 is 29.2 Å². The van der Waals surface area contributed by atoms with E-state index in [0.29, 0.717) is 22.0 Å². The number of rotatable bonds is 7. The molecule has 0 saturated heterocycles. The van der Waals surface area contributed by atoms with Gasteiger partial charge in [-0.25, -0.2) is 4.39 Å². The summed E-state index contributed by atoms with van der Waals surface area (Å²) in [5.74, 6) is 0.161. The normalized spacial score (nSPS) is 10.8. The molecule has 0 spiro atoms. The Balaban J connectivity index is 1.55. The van der Waals surface area contributed by atoms with Crippen molar-refractivity contribution in [3.8, 4) is 5.75 Å². The summed E-state index contributed by atoms with van der Waals surface area (Å²) in [6, 6.07) is 17.5. The van der Waals surface area contributed by atoms with Gasteiger partial charge in [0, 0.05) is 17.7 Å². The Bertz CT molecular complexity index is 972. The van der Waals surface area contributed by atoms with Crippen LogP contribution >= 0.6 is 11.6 Å². The Hall–Kier alpha value is -3.45. The molecular formula is C20H15ClFN3O3. The van der Waals surface area contributed by atoms with Crippen molar-refractivity contribution in [2.45, 2.75) is 6.61 Å². The summed E-state index contributed by atoms with van der Waals surface area (Å²) in [6.45, 7) is 0.0284. The number of halogens is 2. The number of hydrazone groups is 1. The van der Waals surface area contributed by atoms with E-state index < -0.39 is 10.7 Å². The number of non-ortho nitro benzene ring substituents is 1. The van der Waals surface area contributed by atoms with Gasteiger partial charge in [0.05, 0.1) is 21.8 Å². The lowest BCUT2D eigenvalue weighted by Gasteiger charge is -2.09. The number of benzene rings is 3. The van der Waals surface area contributed by atoms with Gasteiger partial charge in [0.2, 0.25) is 0 Å². The molecule has 0 saturated carbocycles. The van der Waals surface area contributed by atoms with Gasteiger partial charge in [-0.05, 0) is 54.1 Å². The van der Waals surface area contributed by atoms with Crippen LogP contribution in [0.2, 0.25) is 5.02 Å². The van der Waals surface area contributed by atoms with E-state index in [-0.39, 0.29) is 12.3 Å². The maximum Gasteiger partial charge on any atom is 0.269 e. The molecule has 142 valence electrons. The molecular weight excluding hydrogens is 385 g/mol. The molecule has 0 heterocycles. The Morgan fingerprint density at radius 3 is 2.46 bits per heavy atom. The summed E-state index contributed by atoms with van der Waals surface area (Å²) in [6.07, 6.45) is 1.60. The topological polar surface area (TPSA) is 76.8 Å². The monoisotopic (exact) mass is 399 g/mol. The van der Waals surface area contributed by atoms with Gasteiger partial charge in [0.25, 0.3) is 5.69 Å². The van der Waals surface area contributed by atoms with Crippen LogP contribution in [0.5, 0.6) is 5.75 Å². The molecule has 0 aliphatic carbocycles. The van der Waals surface area contributed by atoms with Gasteiger partial charge < -0.3 is 4.74 Å². The van der Waals surface area contributed by atoms with Gasteiger partial charge in [-0.2, -0.15) is 5.10 Å². The molecule has 0 atom stereocenters. The Morgan fingerprint density at radius 2 is 1.82 bits per heavy atom. The zero-order valence-electron chi connectivity index (χ0n) is 14.5. The fourth-order valence-electron chi connectivity index (χ4n) is 2.31. The van der Waals surface area contributed by atoms with Crippen LogP contribution in [0.1, 0.15) is 11.1 Å². The van der Waals surface area contributed by atoms with Crippen molar-refractivity contribution in [3.05, 3.63) is 98.8 Å². The van der Waals surface area contributed by atoms with Crippen LogP contribution in [0.25, 0.3) is 0 Å². The summed E-state index contributed by atoms with van der Waals surface area (Å²) in [5, 5.41) is 15.0. The first-order chi connectivity index (χ1) is 13.5. The van der Waals surface area contributed by atoms with E-state index in [4.69, 9.17) is 16.3 Å². The third kappa shape index (κ3) is 5.05. The predicted octanol–water partition coefficient (Wildman–Crippen LogP) is 5.41. The molecule has 0 aliphatic rings. The number of ether oxygens (including phenoxy) is 1. The molecule has 3 aromatic carbocycles. The number of nitro groups is 1. The summed E-state index contributed by atoms with van der Waals surface area (Å²) >= 11 is 5.98. The molecule has 0 radical (unpaired) electrons. The highest BCUT2D eigenvalue weighted by molar-refractivity contribution is 6.31. The Kier molecular flexibility index (Phi) is 6.18. The third-order valence-corrected chi connectivity index (χ3v) is 4.16. The second kappa shape index (κ2) is 8.96. The first-order valence-electron chi connectivity index (χ1n) is 8.22. The summed E-state index contributed by atoms with van der Waals surface area (Å²) in [5.41, 5.74) is 4.55. The first-order valence-corrected chi connectivity index (χ1v) is 8.60. The number of hydrogen-bond donors (Lipinski definition) is 1. The maximum absolute atomic E-state index is 13.7. The van der Waals surface area contributed by atoms with Crippen LogP contribution in [-0.4, -0.2) is 11.1 Å². The van der Waals surface area contributed by atoms with E-state index in [9.17, 15) is 14.5 Å². The maximum atomic E-state index is 13.7. The molecule has 0 unspecified atom stereocenters. The van der Waals surface area contributed by atoms with Crippen LogP contribution in [0, 0.1) is 15.9 Å². The van der Waals surface area contributed by atoms with Crippen molar-refractivity contribution in [1.29, 1.82) is 0 Å². The summed E-state index contributed by atoms with van der Waals surface area (Å²) in [4.78, 5) is 10.2. The molecule has 0 aliphatic heterocycles. The van der Waals surface area contributed by atoms with Crippen LogP contribution in [0.15, 0.2) is 71.8 Å². The molecule has 1 N–H and O–H groups in total. The van der Waals surface area contributed by atoms with E-state index in [1.807, 2.05) is 0 Å². The van der Waals surface area contributed by atoms with E-state index in [2.05, 4.69) is 10.5 Å². The predicted molar refractivity (Wildman–Crippen MR) is 106 cm³/mol. The van der Waals surface area contributed by atoms with Crippen molar-refractivity contribution in [2.24, 2.45) is 5.10 Å². The summed E-state index contributed by atoms with van der Waals surface area (Å²) in [7, 11) is 0. The molecule has 28 heavy (non-hydrogen) atoms. The van der Waals surface area contributed by atoms with Gasteiger partial charge in [-0.15, -0.1) is 0 Å². The first kappa shape index (κ1) is 19.3. The van der Waals surface area contributed by atoms with Gasteiger partial charge in [-0.1, -0.05) is 17.7 Å². The molecule has 8 heteroatoms. The van der Waals surface area contributed by atoms with Crippen molar-refractivity contribution in [3.63, 3.8) is 0 Å². The van der Waals surface area contributed by atoms with Crippen LogP contribution in [0.4, 0.5) is 15.8 Å². The highest BCUT2D eigenvalue weighted by Crippen LogP contribution is 2.21. The number of anilines is 1. The lowest BCUT2D eigenvalue weighted by Crippen LogP contribution is -1.99. The van der Waals surface area contributed by atoms with Crippen molar-refractivity contribution in [1.82, 2.24) is 0 Å². The van der Waals surface area contributed by atoms with E-state index in [1.54, 1.807) is 54.7 Å². The third-order valence-electron chi connectivity index (χ3n) is 3.81. The summed E-state index contributed by atoms with van der Waals surface area (Å²) < 4.78 is 19.3. The number of hydrogen-bond acceptors (Lipinski definition) is 5. The molecule has 3 rings (SSSR count). The van der Waals surface area contributed by atoms with Gasteiger partial charge in [0.1, 0.15) is 18.2 Å². The van der Waals surface area contributed by atoms with Crippen LogP contribution in [-0.2, 0) is 6.61 Å². The molecule has 6 nitrogen and oxygen atoms in total. The molecule has 0 bridgehead atoms. The van der Waals surface area contributed by atoms with Gasteiger partial charge in [0.15, 0.2) is 0 Å². The van der Waals surface area contributed by atoms with Crippen LogP contribution in [0.3, 0.4) is 0 Å². The number of nitrogens with one attached hydrogen (secondary N) is 1. The molecule has 3 aromatic rings. The largest absolute Gasteiger partial charge is 0.489 e. The fraction of sp³-hybridized carbons (Fsp3) is 0.0500. The Labute approximate surface area is 165 Å². The minimum atomic E-state index is -0.462. The quantitative estimate of drug-likeness (QED) is 0.327. The van der Waals surface area contributed by atoms with Crippen LogP contribution < -0.4 is 10.2 Å². The average molecular weight is 400 g/mol. The second-order valence-electron chi connectivity index (χ2n) is 5.73. The molecule has 0 aromatic heterocycles. The number of nitro benzene ring substituents is 1. The average Bonchev–Trinajstić information content (AvgIpc) is 2.69. The smallest absolute Gasteiger partial charge is 0.269 e. The Morgan fingerprint density at radius 1 is 1.11 bits per heavy atom. The lowest BCUT2D eigenvalue weighted by atomic mass is 10.2. The highest BCUT2D eigenvalue weighted by atomic mass is 35.5. The lowest BCUT2D eigenvalue weighted by molar-refractivity contribution is -0.384. The zero-order valence-corrected chi connectivity index (χ0v) is 15.3. The van der Waals surface area contributed by atoms with Gasteiger partial charge >= 0.3 is 0 Å². The van der Waals surface area contributed by atoms with Gasteiger partial charge in [-0.3, -0.25) is 15.5 Å². The fourth-order valence-corrected chi connectivity index (χ4v) is 2.53. The standard InChI is InChI=1S/C20H15ClFN3O3/c21-19-2-1-3-20(22)18(19)13-28-17-10-4-14(5-11-17)12-23-24-15-6-8-16(9-7-15)25(26)27/h1-12,24H,13H2/b23-12+. The molecule has 0 fully saturated rings. The SMILES string of the molecule is O=[N+]([O-])c1ccc(N/N=C/c2ccc(OCc3c(F)cccc3Cl)cc2)cc1. The van der Waals surface area contributed by atoms with E-state index >= 15 is 0 Å². The number of nitrogens with zero attached hydrogens (tertiary/aromatic N) is 2. The van der Waals surface area contributed by atoms with E-state index in [1.165, 1.54) is 18.2 Å². The van der Waals surface area contributed by atoms with E-state index in [0.717, 1.165) is 5.56 Å². The minimum absolute atomic E-state index is 0.0155.